The van der Waals surface area contributed by atoms with E-state index in [0.29, 0.717) is 0 Å². The van der Waals surface area contributed by atoms with E-state index in [2.05, 4.69) is 48.6 Å². The van der Waals surface area contributed by atoms with Gasteiger partial charge in [0, 0.05) is 0 Å². The maximum Gasteiger partial charge on any atom is -0.0184 e. The summed E-state index contributed by atoms with van der Waals surface area (Å²) in [4.78, 5) is 0. The van der Waals surface area contributed by atoms with Crippen LogP contribution in [0, 0.1) is 0 Å². The average molecular weight is 206 g/mol. The van der Waals surface area contributed by atoms with Gasteiger partial charge in [0.2, 0.25) is 0 Å². The highest BCUT2D eigenvalue weighted by Gasteiger charge is 1.95. The molecule has 0 N–H and O–H groups in total. The monoisotopic (exact) mass is 206 g/mol. The Morgan fingerprint density at radius 1 is 0.312 bits per heavy atom. The Balaban J connectivity index is 2.40. The zero-order valence-electron chi connectivity index (χ0n) is 9.08. The summed E-state index contributed by atoms with van der Waals surface area (Å²) in [5.41, 5.74) is 2.44. The molecule has 16 heavy (non-hydrogen) atoms. The molecular weight excluding hydrogens is 192 g/mol. The van der Waals surface area contributed by atoms with E-state index in [1.54, 1.807) is 0 Å². The summed E-state index contributed by atoms with van der Waals surface area (Å²) >= 11 is 0. The minimum Gasteiger partial charge on any atom is -0.0623 e. The first-order chi connectivity index (χ1) is 7.97. The van der Waals surface area contributed by atoms with Crippen LogP contribution in [0.4, 0.5) is 0 Å². The molecule has 0 aliphatic heterocycles. The summed E-state index contributed by atoms with van der Waals surface area (Å²) < 4.78 is 0. The van der Waals surface area contributed by atoms with Gasteiger partial charge in [0.1, 0.15) is 0 Å². The molecule has 0 unspecified atom stereocenters. The summed E-state index contributed by atoms with van der Waals surface area (Å²) in [6.07, 6.45) is 28.9. The molecule has 0 bridgehead atoms. The maximum absolute atomic E-state index is 2.12. The van der Waals surface area contributed by atoms with Gasteiger partial charge in [-0.2, -0.15) is 0 Å². The standard InChI is InChI=1S/C16H14/c1-2-4-8-12-15(11-7-3-1)16-13-9-5-6-10-14-16/h1-14H/b3-1-,4-2-,11-7-,12-8-. The number of hydrogen-bond acceptors (Lipinski definition) is 0. The van der Waals surface area contributed by atoms with Gasteiger partial charge in [-0.15, -0.1) is 0 Å². The van der Waals surface area contributed by atoms with E-state index in [9.17, 15) is 0 Å². The van der Waals surface area contributed by atoms with Crippen LogP contribution in [0.15, 0.2) is 96.2 Å². The fourth-order valence-electron chi connectivity index (χ4n) is 1.52. The molecule has 0 amide bonds. The van der Waals surface area contributed by atoms with Crippen molar-refractivity contribution >= 4 is 0 Å². The lowest BCUT2D eigenvalue weighted by molar-refractivity contribution is 1.56. The van der Waals surface area contributed by atoms with E-state index in [1.807, 2.05) is 36.5 Å². The highest BCUT2D eigenvalue weighted by molar-refractivity contribution is 5.50. The van der Waals surface area contributed by atoms with Crippen molar-refractivity contribution in [2.24, 2.45) is 0 Å². The van der Waals surface area contributed by atoms with Gasteiger partial charge < -0.3 is 0 Å². The Labute approximate surface area is 96.7 Å². The lowest BCUT2D eigenvalue weighted by atomic mass is 10.1. The molecule has 2 rings (SSSR count). The van der Waals surface area contributed by atoms with Crippen LogP contribution in [-0.2, 0) is 0 Å². The third kappa shape index (κ3) is 2.96. The van der Waals surface area contributed by atoms with Crippen molar-refractivity contribution in [3.05, 3.63) is 96.2 Å². The second kappa shape index (κ2) is 5.72. The van der Waals surface area contributed by atoms with Crippen molar-refractivity contribution in [3.8, 4) is 0 Å². The molecule has 0 aromatic heterocycles. The molecule has 2 aliphatic carbocycles. The lowest BCUT2D eigenvalue weighted by Gasteiger charge is -1.99. The molecule has 0 aromatic rings. The number of hydrogen-bond donors (Lipinski definition) is 0. The first-order valence-corrected chi connectivity index (χ1v) is 5.40. The predicted molar refractivity (Wildman–Crippen MR) is 71.0 cm³/mol. The van der Waals surface area contributed by atoms with E-state index in [0.717, 1.165) is 0 Å². The van der Waals surface area contributed by atoms with Crippen LogP contribution in [0.25, 0.3) is 0 Å². The van der Waals surface area contributed by atoms with Crippen molar-refractivity contribution in [1.82, 2.24) is 0 Å². The van der Waals surface area contributed by atoms with Crippen LogP contribution in [-0.4, -0.2) is 0 Å². The van der Waals surface area contributed by atoms with Crippen LogP contribution in [0.3, 0.4) is 0 Å². The molecule has 0 saturated heterocycles. The molecule has 0 spiro atoms. The van der Waals surface area contributed by atoms with Crippen LogP contribution in [0.2, 0.25) is 0 Å². The zero-order chi connectivity index (χ0) is 11.1. The zero-order valence-corrected chi connectivity index (χ0v) is 9.08. The van der Waals surface area contributed by atoms with Gasteiger partial charge in [0.25, 0.3) is 0 Å². The molecule has 0 heterocycles. The second-order valence-corrected chi connectivity index (χ2v) is 3.50. The van der Waals surface area contributed by atoms with Gasteiger partial charge in [-0.3, -0.25) is 0 Å². The van der Waals surface area contributed by atoms with Gasteiger partial charge in [-0.25, -0.2) is 0 Å². The highest BCUT2D eigenvalue weighted by Crippen LogP contribution is 2.14. The smallest absolute Gasteiger partial charge is 0.0184 e. The lowest BCUT2D eigenvalue weighted by Crippen LogP contribution is -1.79. The molecule has 2 aliphatic rings. The van der Waals surface area contributed by atoms with Gasteiger partial charge >= 0.3 is 0 Å². The molecule has 0 nitrogen and oxygen atoms in total. The van der Waals surface area contributed by atoms with Gasteiger partial charge in [0.05, 0.1) is 0 Å². The second-order valence-electron chi connectivity index (χ2n) is 3.50. The van der Waals surface area contributed by atoms with Crippen LogP contribution in [0.1, 0.15) is 0 Å². The molecule has 0 saturated carbocycles. The van der Waals surface area contributed by atoms with E-state index >= 15 is 0 Å². The molecule has 0 atom stereocenters. The summed E-state index contributed by atoms with van der Waals surface area (Å²) in [5, 5.41) is 0. The highest BCUT2D eigenvalue weighted by atomic mass is 14.0. The Bertz CT molecular complexity index is 430. The first kappa shape index (κ1) is 10.4. The van der Waals surface area contributed by atoms with Crippen LogP contribution in [0.5, 0.6) is 0 Å². The van der Waals surface area contributed by atoms with Crippen molar-refractivity contribution in [3.63, 3.8) is 0 Å². The number of allylic oxidation sites excluding steroid dienone is 16. The SMILES string of the molecule is C1=CC=CC(=C2\C=C/C=C\C=C/C=C\2)C=C1. The van der Waals surface area contributed by atoms with Crippen LogP contribution >= 0.6 is 0 Å². The van der Waals surface area contributed by atoms with Crippen molar-refractivity contribution < 1.29 is 0 Å². The Morgan fingerprint density at radius 3 is 0.875 bits per heavy atom. The largest absolute Gasteiger partial charge is 0.0623 e. The summed E-state index contributed by atoms with van der Waals surface area (Å²) in [6, 6.07) is 0. The first-order valence-electron chi connectivity index (χ1n) is 5.40. The molecule has 78 valence electrons. The molecule has 0 heteroatoms. The fourth-order valence-corrected chi connectivity index (χ4v) is 1.52. The third-order valence-corrected chi connectivity index (χ3v) is 2.33. The molecule has 0 fully saturated rings. The Kier molecular flexibility index (Phi) is 3.73. The average Bonchev–Trinajstić information content (AvgIpc) is 2.49. The van der Waals surface area contributed by atoms with E-state index in [-0.39, 0.29) is 0 Å². The summed E-state index contributed by atoms with van der Waals surface area (Å²) in [6.45, 7) is 0. The maximum atomic E-state index is 2.12. The topological polar surface area (TPSA) is 0 Å². The quantitative estimate of drug-likeness (QED) is 0.557. The molecule has 0 radical (unpaired) electrons. The minimum atomic E-state index is 1.22. The van der Waals surface area contributed by atoms with Gasteiger partial charge in [-0.05, 0) is 11.1 Å². The summed E-state index contributed by atoms with van der Waals surface area (Å²) in [5.74, 6) is 0. The Hall–Kier alpha value is -2.08. The minimum absolute atomic E-state index is 1.22. The third-order valence-electron chi connectivity index (χ3n) is 2.33. The summed E-state index contributed by atoms with van der Waals surface area (Å²) in [7, 11) is 0. The van der Waals surface area contributed by atoms with E-state index in [1.165, 1.54) is 11.1 Å². The van der Waals surface area contributed by atoms with Crippen molar-refractivity contribution in [1.29, 1.82) is 0 Å². The van der Waals surface area contributed by atoms with E-state index in [4.69, 9.17) is 0 Å². The molecule has 0 aromatic carbocycles. The predicted octanol–water partition coefficient (Wildman–Crippen LogP) is 4.20. The Morgan fingerprint density at radius 2 is 0.562 bits per heavy atom. The normalized spacial score (nSPS) is 26.5. The van der Waals surface area contributed by atoms with Crippen LogP contribution < -0.4 is 0 Å². The molecular formula is C16H14. The van der Waals surface area contributed by atoms with Crippen molar-refractivity contribution in [2.75, 3.05) is 0 Å². The number of rotatable bonds is 0. The van der Waals surface area contributed by atoms with Gasteiger partial charge in [-0.1, -0.05) is 85.1 Å². The van der Waals surface area contributed by atoms with E-state index < -0.39 is 0 Å². The fraction of sp³-hybridized carbons (Fsp3) is 0. The van der Waals surface area contributed by atoms with Gasteiger partial charge in [0.15, 0.2) is 0 Å². The van der Waals surface area contributed by atoms with Crippen molar-refractivity contribution in [2.45, 2.75) is 0 Å².